The summed E-state index contributed by atoms with van der Waals surface area (Å²) in [5.74, 6) is -0.00400. The van der Waals surface area contributed by atoms with E-state index in [9.17, 15) is 4.39 Å². The summed E-state index contributed by atoms with van der Waals surface area (Å²) in [6, 6.07) is 5.10. The molecule has 0 aliphatic rings. The van der Waals surface area contributed by atoms with Crippen LogP contribution in [0.4, 0.5) is 4.39 Å². The summed E-state index contributed by atoms with van der Waals surface area (Å²) < 4.78 is 19.2. The molecule has 19 heavy (non-hydrogen) atoms. The van der Waals surface area contributed by atoms with Gasteiger partial charge in [-0.2, -0.15) is 0 Å². The van der Waals surface area contributed by atoms with Crippen molar-refractivity contribution in [1.29, 1.82) is 0 Å². The van der Waals surface area contributed by atoms with Gasteiger partial charge >= 0.3 is 0 Å². The molecule has 106 valence electrons. The quantitative estimate of drug-likeness (QED) is 0.783. The van der Waals surface area contributed by atoms with Gasteiger partial charge in [-0.3, -0.25) is 0 Å². The zero-order valence-corrected chi connectivity index (χ0v) is 12.3. The molecule has 0 unspecified atom stereocenters. The molecule has 2 nitrogen and oxygen atoms in total. The van der Waals surface area contributed by atoms with Crippen molar-refractivity contribution < 1.29 is 9.13 Å². The Hall–Kier alpha value is -1.35. The van der Waals surface area contributed by atoms with E-state index in [2.05, 4.69) is 32.7 Å². The van der Waals surface area contributed by atoms with Gasteiger partial charge in [0.15, 0.2) is 11.6 Å². The minimum absolute atomic E-state index is 0.0210. The molecule has 0 amide bonds. The highest BCUT2D eigenvalue weighted by molar-refractivity contribution is 5.29. The van der Waals surface area contributed by atoms with Crippen LogP contribution >= 0.6 is 0 Å². The summed E-state index contributed by atoms with van der Waals surface area (Å²) in [4.78, 5) is 0. The zero-order valence-electron chi connectivity index (χ0n) is 12.3. The van der Waals surface area contributed by atoms with Crippen molar-refractivity contribution in [2.75, 3.05) is 6.61 Å². The predicted octanol–water partition coefficient (Wildman–Crippen LogP) is 4.06. The highest BCUT2D eigenvalue weighted by atomic mass is 19.1. The molecule has 0 spiro atoms. The van der Waals surface area contributed by atoms with Gasteiger partial charge in [0.1, 0.15) is 0 Å². The Morgan fingerprint density at radius 3 is 2.58 bits per heavy atom. The molecule has 1 rings (SSSR count). The number of benzene rings is 1. The molecular weight excluding hydrogens is 241 g/mol. The lowest BCUT2D eigenvalue weighted by Gasteiger charge is -2.20. The lowest BCUT2D eigenvalue weighted by molar-refractivity contribution is 0.305. The zero-order chi connectivity index (χ0) is 14.5. The molecule has 0 saturated heterocycles. The van der Waals surface area contributed by atoms with Crippen LogP contribution in [0.3, 0.4) is 0 Å². The van der Waals surface area contributed by atoms with Crippen LogP contribution in [0.1, 0.15) is 39.7 Å². The molecule has 0 radical (unpaired) electrons. The number of hydrogen-bond donors (Lipinski definition) is 1. The van der Waals surface area contributed by atoms with Crippen molar-refractivity contribution in [1.82, 2.24) is 5.32 Å². The minimum atomic E-state index is -0.310. The molecule has 0 saturated carbocycles. The van der Waals surface area contributed by atoms with Crippen molar-refractivity contribution in [3.05, 3.63) is 41.7 Å². The van der Waals surface area contributed by atoms with Gasteiger partial charge in [0.05, 0.1) is 6.61 Å². The largest absolute Gasteiger partial charge is 0.490 e. The number of rotatable bonds is 6. The Kier molecular flexibility index (Phi) is 5.55. The maximum atomic E-state index is 13.8. The van der Waals surface area contributed by atoms with Gasteiger partial charge in [-0.1, -0.05) is 11.6 Å². The average molecular weight is 265 g/mol. The molecule has 0 aromatic heterocycles. The SMILES string of the molecule is C=C(C)CCOc1ccc(CNC(C)(C)C)cc1F. The highest BCUT2D eigenvalue weighted by Crippen LogP contribution is 2.19. The fourth-order valence-corrected chi connectivity index (χ4v) is 1.47. The Labute approximate surface area is 115 Å². The van der Waals surface area contributed by atoms with E-state index in [1.54, 1.807) is 6.07 Å². The molecule has 0 atom stereocenters. The van der Waals surface area contributed by atoms with Crippen LogP contribution in [-0.2, 0) is 6.54 Å². The van der Waals surface area contributed by atoms with Crippen LogP contribution in [0, 0.1) is 5.82 Å². The molecule has 3 heteroatoms. The van der Waals surface area contributed by atoms with Gasteiger partial charge in [-0.25, -0.2) is 4.39 Å². The fourth-order valence-electron chi connectivity index (χ4n) is 1.47. The van der Waals surface area contributed by atoms with E-state index < -0.39 is 0 Å². The second-order valence-electron chi connectivity index (χ2n) is 5.92. The number of nitrogens with one attached hydrogen (secondary N) is 1. The standard InChI is InChI=1S/C16H24FNO/c1-12(2)8-9-19-15-7-6-13(10-14(15)17)11-18-16(3,4)5/h6-7,10,18H,1,8-9,11H2,2-5H3. The van der Waals surface area contributed by atoms with E-state index in [0.29, 0.717) is 18.9 Å². The topological polar surface area (TPSA) is 21.3 Å². The Morgan fingerprint density at radius 1 is 1.37 bits per heavy atom. The van der Waals surface area contributed by atoms with Crippen LogP contribution in [0.2, 0.25) is 0 Å². The average Bonchev–Trinajstić information content (AvgIpc) is 2.27. The van der Waals surface area contributed by atoms with Crippen molar-refractivity contribution in [2.45, 2.75) is 46.2 Å². The minimum Gasteiger partial charge on any atom is -0.490 e. The van der Waals surface area contributed by atoms with Gasteiger partial charge in [-0.15, -0.1) is 6.58 Å². The lowest BCUT2D eigenvalue weighted by Crippen LogP contribution is -2.35. The monoisotopic (exact) mass is 265 g/mol. The molecule has 1 aromatic carbocycles. The number of hydrogen-bond acceptors (Lipinski definition) is 2. The Bertz CT molecular complexity index is 435. The first-order valence-electron chi connectivity index (χ1n) is 6.58. The van der Waals surface area contributed by atoms with Crippen molar-refractivity contribution in [3.8, 4) is 5.75 Å². The molecule has 1 N–H and O–H groups in total. The van der Waals surface area contributed by atoms with Crippen LogP contribution in [0.5, 0.6) is 5.75 Å². The van der Waals surface area contributed by atoms with Crippen molar-refractivity contribution in [2.24, 2.45) is 0 Å². The highest BCUT2D eigenvalue weighted by Gasteiger charge is 2.10. The first-order valence-corrected chi connectivity index (χ1v) is 6.58. The molecule has 0 aliphatic carbocycles. The maximum absolute atomic E-state index is 13.8. The smallest absolute Gasteiger partial charge is 0.165 e. The normalized spacial score (nSPS) is 11.4. The van der Waals surface area contributed by atoms with Crippen molar-refractivity contribution >= 4 is 0 Å². The van der Waals surface area contributed by atoms with Gasteiger partial charge in [0.2, 0.25) is 0 Å². The summed E-state index contributed by atoms with van der Waals surface area (Å²) in [5, 5.41) is 3.32. The van der Waals surface area contributed by atoms with Crippen LogP contribution in [0.15, 0.2) is 30.4 Å². The van der Waals surface area contributed by atoms with E-state index >= 15 is 0 Å². The predicted molar refractivity (Wildman–Crippen MR) is 77.9 cm³/mol. The van der Waals surface area contributed by atoms with E-state index in [0.717, 1.165) is 17.6 Å². The van der Waals surface area contributed by atoms with E-state index in [4.69, 9.17) is 4.74 Å². The third kappa shape index (κ3) is 6.39. The van der Waals surface area contributed by atoms with Gasteiger partial charge in [-0.05, 0) is 45.4 Å². The summed E-state index contributed by atoms with van der Waals surface area (Å²) in [5.41, 5.74) is 1.97. The first kappa shape index (κ1) is 15.7. The van der Waals surface area contributed by atoms with E-state index in [1.165, 1.54) is 6.07 Å². The van der Waals surface area contributed by atoms with Crippen LogP contribution in [0.25, 0.3) is 0 Å². The van der Waals surface area contributed by atoms with Gasteiger partial charge in [0, 0.05) is 18.5 Å². The van der Waals surface area contributed by atoms with Crippen LogP contribution < -0.4 is 10.1 Å². The number of halogens is 1. The molecule has 0 bridgehead atoms. The second-order valence-corrected chi connectivity index (χ2v) is 5.92. The van der Waals surface area contributed by atoms with E-state index in [1.807, 2.05) is 13.0 Å². The summed E-state index contributed by atoms with van der Waals surface area (Å²) in [6.07, 6.45) is 0.743. The first-order chi connectivity index (χ1) is 8.78. The summed E-state index contributed by atoms with van der Waals surface area (Å²) in [6.45, 7) is 13.1. The third-order valence-corrected chi connectivity index (χ3v) is 2.61. The molecule has 0 aliphatic heterocycles. The Balaban J connectivity index is 2.56. The molecule has 0 heterocycles. The summed E-state index contributed by atoms with van der Waals surface area (Å²) in [7, 11) is 0. The maximum Gasteiger partial charge on any atom is 0.165 e. The third-order valence-electron chi connectivity index (χ3n) is 2.61. The Morgan fingerprint density at radius 2 is 2.05 bits per heavy atom. The van der Waals surface area contributed by atoms with Crippen molar-refractivity contribution in [3.63, 3.8) is 0 Å². The van der Waals surface area contributed by atoms with Crippen LogP contribution in [-0.4, -0.2) is 12.1 Å². The van der Waals surface area contributed by atoms with Gasteiger partial charge < -0.3 is 10.1 Å². The number of ether oxygens (including phenoxy) is 1. The molecule has 0 fully saturated rings. The lowest BCUT2D eigenvalue weighted by atomic mass is 10.1. The summed E-state index contributed by atoms with van der Waals surface area (Å²) >= 11 is 0. The second kappa shape index (κ2) is 6.71. The van der Waals surface area contributed by atoms with Gasteiger partial charge in [0.25, 0.3) is 0 Å². The van der Waals surface area contributed by atoms with E-state index in [-0.39, 0.29) is 11.4 Å². The molecular formula is C16H24FNO. The molecule has 1 aromatic rings. The fraction of sp³-hybridized carbons (Fsp3) is 0.500.